The summed E-state index contributed by atoms with van der Waals surface area (Å²) in [5, 5.41) is 0.0860. The van der Waals surface area contributed by atoms with E-state index >= 15 is 0 Å². The highest BCUT2D eigenvalue weighted by atomic mass is 32.2. The van der Waals surface area contributed by atoms with Gasteiger partial charge in [-0.15, -0.1) is 0 Å². The average Bonchev–Trinajstić information content (AvgIpc) is 2.73. The summed E-state index contributed by atoms with van der Waals surface area (Å²) in [6.45, 7) is 0.879. The minimum atomic E-state index is -3.41. The van der Waals surface area contributed by atoms with Crippen LogP contribution in [0.4, 0.5) is 0 Å². The highest BCUT2D eigenvalue weighted by molar-refractivity contribution is 7.99. The Balaban J connectivity index is 1.55. The fraction of sp³-hybridized carbons (Fsp3) is 0.389. The summed E-state index contributed by atoms with van der Waals surface area (Å²) in [6.07, 6.45) is 4.14. The lowest BCUT2D eigenvalue weighted by Gasteiger charge is -2.31. The summed E-state index contributed by atoms with van der Waals surface area (Å²) >= 11 is 1.29. The van der Waals surface area contributed by atoms with Crippen molar-refractivity contribution in [3.8, 4) is 5.75 Å². The summed E-state index contributed by atoms with van der Waals surface area (Å²) in [6, 6.07) is 8.16. The quantitative estimate of drug-likeness (QED) is 0.535. The van der Waals surface area contributed by atoms with Gasteiger partial charge in [-0.2, -0.15) is 0 Å². The van der Waals surface area contributed by atoms with Gasteiger partial charge in [0.05, 0.1) is 23.0 Å². The molecule has 2 heterocycles. The Bertz CT molecular complexity index is 865. The molecule has 0 unspecified atom stereocenters. The van der Waals surface area contributed by atoms with Crippen molar-refractivity contribution in [2.45, 2.75) is 28.1 Å². The number of likely N-dealkylation sites (tertiary alicyclic amines) is 1. The lowest BCUT2D eigenvalue weighted by molar-refractivity contribution is -0.129. The lowest BCUT2D eigenvalue weighted by atomic mass is 10.1. The van der Waals surface area contributed by atoms with E-state index in [4.69, 9.17) is 4.74 Å². The van der Waals surface area contributed by atoms with Crippen molar-refractivity contribution in [1.82, 2.24) is 14.9 Å². The van der Waals surface area contributed by atoms with Crippen LogP contribution in [0.1, 0.15) is 12.8 Å². The van der Waals surface area contributed by atoms with E-state index in [-0.39, 0.29) is 11.7 Å². The number of nitrogens with zero attached hydrogens (tertiary/aromatic N) is 3. The van der Waals surface area contributed by atoms with Crippen LogP contribution in [0, 0.1) is 0 Å². The number of piperidine rings is 1. The molecule has 0 saturated carbocycles. The average molecular weight is 408 g/mol. The number of hydrogen-bond donors (Lipinski definition) is 0. The van der Waals surface area contributed by atoms with E-state index in [2.05, 4.69) is 9.97 Å². The van der Waals surface area contributed by atoms with Crippen LogP contribution in [0.2, 0.25) is 0 Å². The molecule has 7 nitrogen and oxygen atoms in total. The fourth-order valence-electron chi connectivity index (χ4n) is 2.95. The van der Waals surface area contributed by atoms with Gasteiger partial charge in [0.2, 0.25) is 5.91 Å². The second-order valence-corrected chi connectivity index (χ2v) is 9.29. The van der Waals surface area contributed by atoms with Crippen molar-refractivity contribution in [3.05, 3.63) is 42.7 Å². The molecule has 0 aliphatic carbocycles. The molecule has 1 aromatic carbocycles. The van der Waals surface area contributed by atoms with Gasteiger partial charge in [0.15, 0.2) is 15.0 Å². The van der Waals surface area contributed by atoms with E-state index in [1.54, 1.807) is 54.7 Å². The van der Waals surface area contributed by atoms with Crippen molar-refractivity contribution < 1.29 is 17.9 Å². The van der Waals surface area contributed by atoms with Crippen molar-refractivity contribution in [2.75, 3.05) is 26.0 Å². The predicted octanol–water partition coefficient (Wildman–Crippen LogP) is 2.04. The van der Waals surface area contributed by atoms with Crippen LogP contribution in [0.25, 0.3) is 0 Å². The third-order valence-electron chi connectivity index (χ3n) is 4.49. The molecular weight excluding hydrogens is 386 g/mol. The zero-order valence-electron chi connectivity index (χ0n) is 14.9. The number of sulfone groups is 1. The van der Waals surface area contributed by atoms with Crippen LogP contribution in [-0.2, 0) is 14.6 Å². The molecule has 1 fully saturated rings. The van der Waals surface area contributed by atoms with Crippen molar-refractivity contribution in [3.63, 3.8) is 0 Å². The third kappa shape index (κ3) is 4.78. The van der Waals surface area contributed by atoms with Gasteiger partial charge in [0, 0.05) is 25.5 Å². The molecular formula is C18H21N3O4S2. The number of thioether (sulfide) groups is 1. The van der Waals surface area contributed by atoms with Gasteiger partial charge in [0.1, 0.15) is 5.75 Å². The summed E-state index contributed by atoms with van der Waals surface area (Å²) in [5.74, 6) is 0.849. The second kappa shape index (κ2) is 8.71. The number of hydrogen-bond acceptors (Lipinski definition) is 7. The Labute approximate surface area is 163 Å². The standard InChI is InChI=1S/C18H21N3O4S2/c1-25-14-3-5-15(6-4-14)27(23,24)16-7-11-21(12-8-16)17(22)13-26-18-19-9-2-10-20-18/h2-6,9-10,16H,7-8,11-13H2,1H3. The minimum absolute atomic E-state index is 0.0206. The summed E-state index contributed by atoms with van der Waals surface area (Å²) in [5.41, 5.74) is 0. The third-order valence-corrected chi connectivity index (χ3v) is 7.63. The molecule has 1 aromatic heterocycles. The molecule has 2 aromatic rings. The van der Waals surface area contributed by atoms with Crippen LogP contribution < -0.4 is 4.74 Å². The molecule has 144 valence electrons. The Morgan fingerprint density at radius 1 is 1.19 bits per heavy atom. The first-order chi connectivity index (χ1) is 13.0. The first kappa shape index (κ1) is 19.6. The first-order valence-corrected chi connectivity index (χ1v) is 11.1. The number of aromatic nitrogens is 2. The number of amides is 1. The zero-order valence-corrected chi connectivity index (χ0v) is 16.6. The molecule has 0 N–H and O–H groups in total. The van der Waals surface area contributed by atoms with Crippen LogP contribution >= 0.6 is 11.8 Å². The summed E-state index contributed by atoms with van der Waals surface area (Å²) in [7, 11) is -1.87. The highest BCUT2D eigenvalue weighted by Crippen LogP contribution is 2.26. The number of methoxy groups -OCH3 is 1. The van der Waals surface area contributed by atoms with Gasteiger partial charge in [-0.25, -0.2) is 18.4 Å². The van der Waals surface area contributed by atoms with E-state index in [1.807, 2.05) is 0 Å². The summed E-state index contributed by atoms with van der Waals surface area (Å²) < 4.78 is 30.7. The topological polar surface area (TPSA) is 89.5 Å². The fourth-order valence-corrected chi connectivity index (χ4v) is 5.39. The number of carbonyl (C=O) groups excluding carboxylic acids is 1. The molecule has 3 rings (SSSR count). The van der Waals surface area contributed by atoms with Gasteiger partial charge >= 0.3 is 0 Å². The molecule has 0 spiro atoms. The van der Waals surface area contributed by atoms with Gasteiger partial charge < -0.3 is 9.64 Å². The molecule has 0 atom stereocenters. The lowest BCUT2D eigenvalue weighted by Crippen LogP contribution is -2.43. The molecule has 1 saturated heterocycles. The number of ether oxygens (including phenoxy) is 1. The maximum atomic E-state index is 12.8. The van der Waals surface area contributed by atoms with Crippen molar-refractivity contribution in [2.24, 2.45) is 0 Å². The van der Waals surface area contributed by atoms with Gasteiger partial charge in [0.25, 0.3) is 0 Å². The van der Waals surface area contributed by atoms with E-state index in [1.165, 1.54) is 11.8 Å². The molecule has 0 radical (unpaired) electrons. The largest absolute Gasteiger partial charge is 0.497 e. The number of rotatable bonds is 6. The second-order valence-electron chi connectivity index (χ2n) is 6.12. The monoisotopic (exact) mass is 407 g/mol. The molecule has 1 amide bonds. The Hall–Kier alpha value is -2.13. The number of benzene rings is 1. The SMILES string of the molecule is COc1ccc(S(=O)(=O)C2CCN(C(=O)CSc3ncccn3)CC2)cc1. The van der Waals surface area contributed by atoms with Gasteiger partial charge in [-0.05, 0) is 43.2 Å². The maximum absolute atomic E-state index is 12.8. The first-order valence-electron chi connectivity index (χ1n) is 8.56. The molecule has 27 heavy (non-hydrogen) atoms. The molecule has 9 heteroatoms. The summed E-state index contributed by atoms with van der Waals surface area (Å²) in [4.78, 5) is 22.5. The van der Waals surface area contributed by atoms with Gasteiger partial charge in [-0.1, -0.05) is 11.8 Å². The van der Waals surface area contributed by atoms with Crippen LogP contribution in [0.5, 0.6) is 5.75 Å². The Kier molecular flexibility index (Phi) is 6.33. The number of carbonyl (C=O) groups is 1. The van der Waals surface area contributed by atoms with E-state index < -0.39 is 15.1 Å². The van der Waals surface area contributed by atoms with Gasteiger partial charge in [-0.3, -0.25) is 4.79 Å². The normalized spacial score (nSPS) is 15.5. The predicted molar refractivity (Wildman–Crippen MR) is 103 cm³/mol. The zero-order chi connectivity index (χ0) is 19.3. The van der Waals surface area contributed by atoms with Crippen LogP contribution in [0.15, 0.2) is 52.8 Å². The van der Waals surface area contributed by atoms with Crippen molar-refractivity contribution in [1.29, 1.82) is 0 Å². The molecule has 0 bridgehead atoms. The highest BCUT2D eigenvalue weighted by Gasteiger charge is 2.32. The van der Waals surface area contributed by atoms with E-state index in [0.717, 1.165) is 0 Å². The minimum Gasteiger partial charge on any atom is -0.497 e. The van der Waals surface area contributed by atoms with E-state index in [0.29, 0.717) is 41.7 Å². The Morgan fingerprint density at radius 3 is 2.41 bits per heavy atom. The smallest absolute Gasteiger partial charge is 0.233 e. The van der Waals surface area contributed by atoms with E-state index in [9.17, 15) is 13.2 Å². The maximum Gasteiger partial charge on any atom is 0.233 e. The van der Waals surface area contributed by atoms with Crippen LogP contribution in [-0.4, -0.2) is 60.4 Å². The van der Waals surface area contributed by atoms with Crippen molar-refractivity contribution >= 4 is 27.5 Å². The Morgan fingerprint density at radius 2 is 1.81 bits per heavy atom. The molecule has 1 aliphatic heterocycles. The molecule has 1 aliphatic rings. The van der Waals surface area contributed by atoms with Crippen LogP contribution in [0.3, 0.4) is 0 Å².